The minimum absolute atomic E-state index is 0.585. The molecule has 0 aliphatic carbocycles. The van der Waals surface area contributed by atoms with E-state index >= 15 is 0 Å². The van der Waals surface area contributed by atoms with Crippen LogP contribution >= 0.6 is 0 Å². The summed E-state index contributed by atoms with van der Waals surface area (Å²) in [5, 5.41) is -9.19. The summed E-state index contributed by atoms with van der Waals surface area (Å²) in [4.78, 5) is 0. The third kappa shape index (κ3) is 6.84. The Morgan fingerprint density at radius 1 is 0.879 bits per heavy atom. The van der Waals surface area contributed by atoms with Crippen molar-refractivity contribution < 1.29 is 60.7 Å². The second-order valence-electron chi connectivity index (χ2n) is 6.71. The Balaban J connectivity index is 0.000000716. The van der Waals surface area contributed by atoms with Crippen LogP contribution in [0, 0.1) is 0 Å². The molecule has 1 N–H and O–H groups in total. The average molecular weight is 549 g/mol. The Kier molecular flexibility index (Phi) is 9.70. The van der Waals surface area contributed by atoms with Gasteiger partial charge in [-0.15, -0.1) is 0 Å². The van der Waals surface area contributed by atoms with Crippen molar-refractivity contribution in [1.82, 2.24) is 14.1 Å². The third-order valence-electron chi connectivity index (χ3n) is 4.14. The van der Waals surface area contributed by atoms with Gasteiger partial charge in [-0.3, -0.25) is 0 Å². The van der Waals surface area contributed by atoms with E-state index in [4.69, 9.17) is 0 Å². The number of hydrazine groups is 1. The van der Waals surface area contributed by atoms with Crippen molar-refractivity contribution >= 4 is 20.0 Å². The predicted molar refractivity (Wildman–Crippen MR) is 95.6 cm³/mol. The van der Waals surface area contributed by atoms with Crippen LogP contribution in [0.2, 0.25) is 0 Å². The standard InChI is InChI=1S/C10H20N2.C4HF10NO4S2/c1-5-6-7-12-10(3)8-9(2)11(12)4;5-1(6,7)3(11,12)20(16,17)15-21(18,19)4(13,14)2(8,9)10/h8,10H,5-7H2,1-4H3;15H. The largest absolute Gasteiger partial charge is 0.471 e. The van der Waals surface area contributed by atoms with E-state index < -0.39 is 47.0 Å². The van der Waals surface area contributed by atoms with Crippen LogP contribution in [0.4, 0.5) is 43.9 Å². The first-order chi connectivity index (χ1) is 14.4. The summed E-state index contributed by atoms with van der Waals surface area (Å²) in [5.74, 6) is 0. The van der Waals surface area contributed by atoms with E-state index in [2.05, 4.69) is 43.9 Å². The molecule has 19 heteroatoms. The Bertz CT molecular complexity index is 860. The molecule has 1 aliphatic heterocycles. The van der Waals surface area contributed by atoms with Crippen LogP contribution in [0.15, 0.2) is 11.8 Å². The summed E-state index contributed by atoms with van der Waals surface area (Å²) in [6.45, 7) is 7.84. The molecule has 198 valence electrons. The molecule has 33 heavy (non-hydrogen) atoms. The number of unbranched alkanes of at least 4 members (excludes halogenated alkanes) is 1. The van der Waals surface area contributed by atoms with Crippen molar-refractivity contribution in [1.29, 1.82) is 0 Å². The summed E-state index contributed by atoms with van der Waals surface area (Å²) in [6.07, 6.45) is -9.06. The number of halogens is 10. The Morgan fingerprint density at radius 2 is 1.24 bits per heavy atom. The molecule has 0 saturated carbocycles. The Morgan fingerprint density at radius 3 is 1.48 bits per heavy atom. The van der Waals surface area contributed by atoms with Gasteiger partial charge in [0, 0.05) is 25.3 Å². The van der Waals surface area contributed by atoms with Crippen LogP contribution in [0.1, 0.15) is 33.6 Å². The summed E-state index contributed by atoms with van der Waals surface area (Å²) in [7, 11) is -12.8. The van der Waals surface area contributed by atoms with E-state index in [-0.39, 0.29) is 0 Å². The maximum absolute atomic E-state index is 12.4. The maximum atomic E-state index is 12.4. The fraction of sp³-hybridized carbons (Fsp3) is 0.857. The number of rotatable bonds is 7. The van der Waals surface area contributed by atoms with Crippen LogP contribution in [-0.4, -0.2) is 69.3 Å². The van der Waals surface area contributed by atoms with Crippen LogP contribution < -0.4 is 4.13 Å². The number of allylic oxidation sites excluding steroid dienone is 1. The van der Waals surface area contributed by atoms with Gasteiger partial charge in [-0.1, -0.05) is 17.5 Å². The molecule has 1 unspecified atom stereocenters. The monoisotopic (exact) mass is 549 g/mol. The highest BCUT2D eigenvalue weighted by molar-refractivity contribution is 8.05. The molecule has 0 aromatic heterocycles. The number of nitrogens with one attached hydrogen (secondary N) is 1. The summed E-state index contributed by atoms with van der Waals surface area (Å²) in [6, 6.07) is 0.585. The highest BCUT2D eigenvalue weighted by Gasteiger charge is 2.73. The molecule has 1 heterocycles. The molecular weight excluding hydrogens is 528 g/mol. The number of nitrogens with zero attached hydrogens (tertiary/aromatic N) is 2. The zero-order valence-corrected chi connectivity index (χ0v) is 19.0. The lowest BCUT2D eigenvalue weighted by Gasteiger charge is -2.30. The zero-order chi connectivity index (χ0) is 26.8. The molecule has 0 saturated heterocycles. The van der Waals surface area contributed by atoms with E-state index in [9.17, 15) is 60.7 Å². The zero-order valence-electron chi connectivity index (χ0n) is 17.4. The molecule has 0 spiro atoms. The highest BCUT2D eigenvalue weighted by Crippen LogP contribution is 2.43. The van der Waals surface area contributed by atoms with E-state index in [0.717, 1.165) is 0 Å². The SMILES string of the molecule is CCCCN1C(C)C=C(C)N1C.O=S(=O)(NS(=O)(=O)C(F)(F)C(F)(F)F)C(F)(F)C(F)(F)F. The normalized spacial score (nSPS) is 19.3. The third-order valence-corrected chi connectivity index (χ3v) is 7.71. The van der Waals surface area contributed by atoms with Gasteiger partial charge in [-0.2, -0.15) is 43.9 Å². The first-order valence-corrected chi connectivity index (χ1v) is 11.7. The van der Waals surface area contributed by atoms with Crippen molar-refractivity contribution in [3.8, 4) is 0 Å². The van der Waals surface area contributed by atoms with Crippen molar-refractivity contribution in [2.75, 3.05) is 13.6 Å². The molecule has 0 aromatic rings. The lowest BCUT2D eigenvalue weighted by atomic mass is 10.3. The van der Waals surface area contributed by atoms with Gasteiger partial charge in [0.1, 0.15) is 0 Å². The molecular formula is C14H21F10N3O4S2. The lowest BCUT2D eigenvalue weighted by molar-refractivity contribution is -0.242. The van der Waals surface area contributed by atoms with Crippen LogP contribution in [0.25, 0.3) is 0 Å². The summed E-state index contributed by atoms with van der Waals surface area (Å²) >= 11 is 0. The van der Waals surface area contributed by atoms with Crippen molar-refractivity contribution in [2.24, 2.45) is 0 Å². The average Bonchev–Trinajstić information content (AvgIpc) is 2.82. The molecule has 0 bridgehead atoms. The van der Waals surface area contributed by atoms with Gasteiger partial charge in [-0.05, 0) is 26.3 Å². The van der Waals surface area contributed by atoms with Gasteiger partial charge >= 0.3 is 22.9 Å². The molecule has 0 aromatic carbocycles. The molecule has 0 amide bonds. The fourth-order valence-corrected chi connectivity index (χ4v) is 4.85. The number of hydrogen-bond acceptors (Lipinski definition) is 6. The van der Waals surface area contributed by atoms with Gasteiger partial charge in [0.05, 0.1) is 0 Å². The lowest BCUT2D eigenvalue weighted by Crippen LogP contribution is -2.57. The topological polar surface area (TPSA) is 86.8 Å². The molecule has 1 aliphatic rings. The maximum Gasteiger partial charge on any atom is 0.471 e. The summed E-state index contributed by atoms with van der Waals surface area (Å²) in [5.41, 5.74) is 1.37. The fourth-order valence-electron chi connectivity index (χ4n) is 2.25. The molecule has 0 fully saturated rings. The smallest absolute Gasteiger partial charge is 0.313 e. The minimum Gasteiger partial charge on any atom is -0.313 e. The highest BCUT2D eigenvalue weighted by atomic mass is 32.3. The quantitative estimate of drug-likeness (QED) is 0.487. The number of sulfonamides is 2. The van der Waals surface area contributed by atoms with Gasteiger partial charge in [-0.25, -0.2) is 21.8 Å². The first kappa shape index (κ1) is 31.7. The predicted octanol–water partition coefficient (Wildman–Crippen LogP) is 3.79. The molecule has 1 atom stereocenters. The van der Waals surface area contributed by atoms with Crippen molar-refractivity contribution in [3.05, 3.63) is 11.8 Å². The van der Waals surface area contributed by atoms with Crippen LogP contribution in [0.3, 0.4) is 0 Å². The minimum atomic E-state index is -7.49. The van der Waals surface area contributed by atoms with Gasteiger partial charge < -0.3 is 5.01 Å². The summed E-state index contributed by atoms with van der Waals surface area (Å²) < 4.78 is 160. The van der Waals surface area contributed by atoms with Crippen LogP contribution in [0.5, 0.6) is 0 Å². The Labute approximate surface area is 183 Å². The van der Waals surface area contributed by atoms with Crippen molar-refractivity contribution in [3.63, 3.8) is 0 Å². The Hall–Kier alpha value is -1.34. The van der Waals surface area contributed by atoms with Gasteiger partial charge in [0.15, 0.2) is 0 Å². The van der Waals surface area contributed by atoms with Gasteiger partial charge in [0.2, 0.25) is 0 Å². The van der Waals surface area contributed by atoms with E-state index in [0.29, 0.717) is 6.04 Å². The number of alkyl halides is 10. The van der Waals surface area contributed by atoms with Crippen molar-refractivity contribution in [2.45, 2.75) is 62.5 Å². The van der Waals surface area contributed by atoms with Gasteiger partial charge in [0.25, 0.3) is 20.0 Å². The molecule has 7 nitrogen and oxygen atoms in total. The first-order valence-electron chi connectivity index (χ1n) is 8.72. The second-order valence-corrected chi connectivity index (χ2v) is 10.4. The van der Waals surface area contributed by atoms with E-state index in [1.54, 1.807) is 0 Å². The molecule has 1 rings (SSSR count). The van der Waals surface area contributed by atoms with E-state index in [1.807, 2.05) is 0 Å². The molecule has 0 radical (unpaired) electrons. The number of hydrogen-bond donors (Lipinski definition) is 1. The second kappa shape index (κ2) is 10.1. The van der Waals surface area contributed by atoms with Crippen LogP contribution in [-0.2, 0) is 20.0 Å². The van der Waals surface area contributed by atoms with E-state index in [1.165, 1.54) is 25.1 Å².